The number of nitrogens with zero attached hydrogens (tertiary/aromatic N) is 3. The molecule has 1 aliphatic rings. The zero-order valence-corrected chi connectivity index (χ0v) is 15.2. The summed E-state index contributed by atoms with van der Waals surface area (Å²) in [5.74, 6) is -0.848. The number of imidazole rings is 1. The van der Waals surface area contributed by atoms with Crippen LogP contribution in [0.1, 0.15) is 11.4 Å². The molecule has 2 heterocycles. The van der Waals surface area contributed by atoms with Gasteiger partial charge in [0.25, 0.3) is 0 Å². The van der Waals surface area contributed by atoms with Crippen molar-refractivity contribution in [2.75, 3.05) is 0 Å². The fourth-order valence-corrected chi connectivity index (χ4v) is 3.27. The Hall–Kier alpha value is -3.53. The molecule has 0 saturated heterocycles. The zero-order chi connectivity index (χ0) is 20.8. The fraction of sp³-hybridized carbons (Fsp3) is 0.158. The lowest BCUT2D eigenvalue weighted by molar-refractivity contribution is -0.0498. The van der Waals surface area contributed by atoms with Crippen molar-refractivity contribution in [2.45, 2.75) is 19.3 Å². The molecule has 0 bridgehead atoms. The standard InChI is InChI=1S/C19H17F3N6O/c1-10-25-17-13(20)3-2-4-14(17)28(10)16-9-15(23)26-19(24,27-16)11-5-7-12(8-6-11)29-18(21)22/h2-9,18,27H,24H2,1H3,(H2,23,26). The van der Waals surface area contributed by atoms with Crippen LogP contribution in [-0.4, -0.2) is 22.0 Å². The Bertz CT molecular complexity index is 1140. The van der Waals surface area contributed by atoms with Gasteiger partial charge in [-0.2, -0.15) is 8.78 Å². The fourth-order valence-electron chi connectivity index (χ4n) is 3.27. The Kier molecular flexibility index (Phi) is 4.42. The highest BCUT2D eigenvalue weighted by Crippen LogP contribution is 2.28. The molecule has 0 radical (unpaired) electrons. The maximum atomic E-state index is 14.1. The molecule has 7 nitrogen and oxygen atoms in total. The minimum absolute atomic E-state index is 0.0113. The Morgan fingerprint density at radius 1 is 1.17 bits per heavy atom. The molecule has 0 fully saturated rings. The van der Waals surface area contributed by atoms with E-state index in [0.29, 0.717) is 22.7 Å². The highest BCUT2D eigenvalue weighted by atomic mass is 19.3. The molecule has 1 unspecified atom stereocenters. The number of rotatable bonds is 4. The van der Waals surface area contributed by atoms with Crippen LogP contribution in [0.4, 0.5) is 13.2 Å². The number of hydrogen-bond donors (Lipinski definition) is 3. The highest BCUT2D eigenvalue weighted by molar-refractivity contribution is 5.98. The van der Waals surface area contributed by atoms with Crippen LogP contribution in [-0.2, 0) is 5.79 Å². The first-order valence-corrected chi connectivity index (χ1v) is 8.60. The van der Waals surface area contributed by atoms with E-state index in [9.17, 15) is 13.2 Å². The summed E-state index contributed by atoms with van der Waals surface area (Å²) in [6, 6.07) is 10.3. The maximum absolute atomic E-state index is 14.1. The number of aromatic nitrogens is 2. The number of aryl methyl sites for hydroxylation is 1. The van der Waals surface area contributed by atoms with Crippen molar-refractivity contribution in [1.82, 2.24) is 14.9 Å². The number of amidine groups is 1. The third-order valence-electron chi connectivity index (χ3n) is 4.47. The average Bonchev–Trinajstić information content (AvgIpc) is 2.98. The van der Waals surface area contributed by atoms with E-state index >= 15 is 0 Å². The van der Waals surface area contributed by atoms with Crippen LogP contribution < -0.4 is 21.5 Å². The van der Waals surface area contributed by atoms with Crippen molar-refractivity contribution in [2.24, 2.45) is 16.5 Å². The van der Waals surface area contributed by atoms with Gasteiger partial charge in [-0.05, 0) is 43.3 Å². The summed E-state index contributed by atoms with van der Waals surface area (Å²) in [5.41, 5.74) is 13.6. The van der Waals surface area contributed by atoms with Crippen LogP contribution in [0.25, 0.3) is 16.9 Å². The maximum Gasteiger partial charge on any atom is 0.387 e. The molecule has 3 aromatic rings. The highest BCUT2D eigenvalue weighted by Gasteiger charge is 2.32. The minimum atomic E-state index is -2.93. The Balaban J connectivity index is 1.73. The van der Waals surface area contributed by atoms with Gasteiger partial charge in [0.1, 0.15) is 28.7 Å². The number of alkyl halides is 2. The summed E-state index contributed by atoms with van der Waals surface area (Å²) in [5, 5.41) is 3.07. The number of ether oxygens (including phenoxy) is 1. The SMILES string of the molecule is Cc1nc2c(F)cccc2n1C1=CC(N)=NC(N)(c2ccc(OC(F)F)cc2)N1. The molecule has 150 valence electrons. The van der Waals surface area contributed by atoms with Crippen molar-refractivity contribution in [1.29, 1.82) is 0 Å². The van der Waals surface area contributed by atoms with Gasteiger partial charge < -0.3 is 15.8 Å². The van der Waals surface area contributed by atoms with Crippen molar-refractivity contribution in [3.8, 4) is 5.75 Å². The zero-order valence-electron chi connectivity index (χ0n) is 15.2. The molecule has 0 spiro atoms. The van der Waals surface area contributed by atoms with Gasteiger partial charge in [-0.1, -0.05) is 6.07 Å². The number of nitrogens with two attached hydrogens (primary N) is 2. The van der Waals surface area contributed by atoms with Gasteiger partial charge in [0.2, 0.25) is 5.79 Å². The predicted octanol–water partition coefficient (Wildman–Crippen LogP) is 2.61. The number of nitrogens with one attached hydrogen (secondary N) is 1. The summed E-state index contributed by atoms with van der Waals surface area (Å²) < 4.78 is 44.9. The largest absolute Gasteiger partial charge is 0.435 e. The minimum Gasteiger partial charge on any atom is -0.435 e. The third-order valence-corrected chi connectivity index (χ3v) is 4.47. The second kappa shape index (κ2) is 6.82. The van der Waals surface area contributed by atoms with E-state index in [1.165, 1.54) is 30.3 Å². The van der Waals surface area contributed by atoms with E-state index < -0.39 is 18.2 Å². The van der Waals surface area contributed by atoms with Gasteiger partial charge in [0.15, 0.2) is 5.82 Å². The summed E-state index contributed by atoms with van der Waals surface area (Å²) in [6.07, 6.45) is 1.55. The van der Waals surface area contributed by atoms with E-state index in [2.05, 4.69) is 20.0 Å². The molecule has 0 aliphatic carbocycles. The van der Waals surface area contributed by atoms with Crippen molar-refractivity contribution in [3.63, 3.8) is 0 Å². The quantitative estimate of drug-likeness (QED) is 0.623. The summed E-state index contributed by atoms with van der Waals surface area (Å²) >= 11 is 0. The Morgan fingerprint density at radius 3 is 2.59 bits per heavy atom. The van der Waals surface area contributed by atoms with Gasteiger partial charge in [-0.25, -0.2) is 14.4 Å². The lowest BCUT2D eigenvalue weighted by Gasteiger charge is -2.33. The number of benzene rings is 2. The first-order valence-electron chi connectivity index (χ1n) is 8.60. The van der Waals surface area contributed by atoms with Crippen molar-refractivity contribution >= 4 is 22.7 Å². The second-order valence-electron chi connectivity index (χ2n) is 6.46. The number of aliphatic imine (C=N–C) groups is 1. The van der Waals surface area contributed by atoms with Crippen LogP contribution in [0, 0.1) is 12.7 Å². The van der Waals surface area contributed by atoms with Crippen molar-refractivity contribution in [3.05, 3.63) is 65.7 Å². The van der Waals surface area contributed by atoms with Gasteiger partial charge in [0.05, 0.1) is 5.52 Å². The number of hydrogen-bond acceptors (Lipinski definition) is 6. The van der Waals surface area contributed by atoms with E-state index in [0.717, 1.165) is 0 Å². The van der Waals surface area contributed by atoms with Gasteiger partial charge >= 0.3 is 6.61 Å². The van der Waals surface area contributed by atoms with Crippen LogP contribution in [0.15, 0.2) is 53.5 Å². The Morgan fingerprint density at radius 2 is 1.90 bits per heavy atom. The molecule has 1 aliphatic heterocycles. The molecule has 4 rings (SSSR count). The van der Waals surface area contributed by atoms with Crippen molar-refractivity contribution < 1.29 is 17.9 Å². The van der Waals surface area contributed by atoms with E-state index in [1.54, 1.807) is 29.7 Å². The summed E-state index contributed by atoms with van der Waals surface area (Å²) in [4.78, 5) is 8.52. The topological polar surface area (TPSA) is 103 Å². The molecular weight excluding hydrogens is 385 g/mol. The Labute approximate surface area is 163 Å². The van der Waals surface area contributed by atoms with E-state index in [-0.39, 0.29) is 17.1 Å². The lowest BCUT2D eigenvalue weighted by atomic mass is 10.1. The molecule has 2 aromatic carbocycles. The third kappa shape index (κ3) is 3.38. The van der Waals surface area contributed by atoms with Gasteiger partial charge in [0, 0.05) is 11.6 Å². The molecule has 0 saturated carbocycles. The molecular formula is C19H17F3N6O. The number of para-hydroxylation sites is 1. The molecule has 10 heteroatoms. The number of halogens is 3. The van der Waals surface area contributed by atoms with E-state index in [4.69, 9.17) is 11.5 Å². The second-order valence-corrected chi connectivity index (χ2v) is 6.46. The average molecular weight is 402 g/mol. The molecule has 1 atom stereocenters. The normalized spacial score (nSPS) is 19.1. The van der Waals surface area contributed by atoms with Crippen LogP contribution in [0.5, 0.6) is 5.75 Å². The van der Waals surface area contributed by atoms with Gasteiger partial charge in [-0.3, -0.25) is 10.3 Å². The summed E-state index contributed by atoms with van der Waals surface area (Å²) in [7, 11) is 0. The predicted molar refractivity (Wildman–Crippen MR) is 102 cm³/mol. The van der Waals surface area contributed by atoms with Crippen LogP contribution >= 0.6 is 0 Å². The molecule has 0 amide bonds. The first kappa shape index (κ1) is 18.8. The number of fused-ring (bicyclic) bond motifs is 1. The van der Waals surface area contributed by atoms with Gasteiger partial charge in [-0.15, -0.1) is 0 Å². The van der Waals surface area contributed by atoms with Crippen LogP contribution in [0.3, 0.4) is 0 Å². The molecule has 1 aromatic heterocycles. The molecule has 5 N–H and O–H groups in total. The monoisotopic (exact) mass is 402 g/mol. The smallest absolute Gasteiger partial charge is 0.387 e. The van der Waals surface area contributed by atoms with Crippen LogP contribution in [0.2, 0.25) is 0 Å². The van der Waals surface area contributed by atoms with E-state index in [1.807, 2.05) is 0 Å². The first-order chi connectivity index (χ1) is 13.8. The molecule has 29 heavy (non-hydrogen) atoms. The lowest BCUT2D eigenvalue weighted by Crippen LogP contribution is -2.52. The summed E-state index contributed by atoms with van der Waals surface area (Å²) in [6.45, 7) is -1.21.